The van der Waals surface area contributed by atoms with Gasteiger partial charge >= 0.3 is 6.09 Å². The van der Waals surface area contributed by atoms with E-state index < -0.39 is 6.09 Å². The largest absolute Gasteiger partial charge is 0.465 e. The summed E-state index contributed by atoms with van der Waals surface area (Å²) in [6, 6.07) is 0.683. The van der Waals surface area contributed by atoms with E-state index in [0.29, 0.717) is 6.04 Å². The summed E-state index contributed by atoms with van der Waals surface area (Å²) >= 11 is 0. The van der Waals surface area contributed by atoms with E-state index in [-0.39, 0.29) is 12.1 Å². The standard InChI is InChI=1S/C11H18N2O2/c1-2-3-4-9-10-6-5-8(7-12-9)13(10)11(14)15/h2-3,8-10,12H,4-7H2,1H3,(H,14,15)/b3-2-/t8-,9-,10+/m1/s1. The van der Waals surface area contributed by atoms with Gasteiger partial charge in [-0.05, 0) is 26.2 Å². The third-order valence-electron chi connectivity index (χ3n) is 3.47. The molecule has 2 fully saturated rings. The fourth-order valence-electron chi connectivity index (χ4n) is 2.75. The topological polar surface area (TPSA) is 52.6 Å². The minimum Gasteiger partial charge on any atom is -0.465 e. The van der Waals surface area contributed by atoms with Crippen LogP contribution in [0, 0.1) is 0 Å². The average molecular weight is 210 g/mol. The van der Waals surface area contributed by atoms with E-state index in [9.17, 15) is 4.79 Å². The van der Waals surface area contributed by atoms with E-state index in [1.807, 2.05) is 13.0 Å². The summed E-state index contributed by atoms with van der Waals surface area (Å²) in [4.78, 5) is 12.8. The van der Waals surface area contributed by atoms with Crippen LogP contribution >= 0.6 is 0 Å². The number of hydrogen-bond donors (Lipinski definition) is 2. The van der Waals surface area contributed by atoms with Crippen molar-refractivity contribution in [1.29, 1.82) is 0 Å². The Morgan fingerprint density at radius 3 is 3.07 bits per heavy atom. The molecular formula is C11H18N2O2. The van der Waals surface area contributed by atoms with Crippen LogP contribution in [0.2, 0.25) is 0 Å². The van der Waals surface area contributed by atoms with Crippen molar-refractivity contribution < 1.29 is 9.90 Å². The van der Waals surface area contributed by atoms with Crippen LogP contribution in [-0.2, 0) is 0 Å². The van der Waals surface area contributed by atoms with Gasteiger partial charge in [-0.15, -0.1) is 0 Å². The van der Waals surface area contributed by atoms with Crippen molar-refractivity contribution in [2.24, 2.45) is 0 Å². The molecule has 2 bridgehead atoms. The van der Waals surface area contributed by atoms with Crippen molar-refractivity contribution >= 4 is 6.09 Å². The number of piperazine rings is 1. The van der Waals surface area contributed by atoms with Crippen molar-refractivity contribution in [3.05, 3.63) is 12.2 Å². The lowest BCUT2D eigenvalue weighted by atomic mass is 10.0. The van der Waals surface area contributed by atoms with Crippen LogP contribution < -0.4 is 5.32 Å². The quantitative estimate of drug-likeness (QED) is 0.678. The van der Waals surface area contributed by atoms with E-state index in [0.717, 1.165) is 25.8 Å². The second-order valence-corrected chi connectivity index (χ2v) is 4.31. The van der Waals surface area contributed by atoms with E-state index >= 15 is 0 Å². The first kappa shape index (κ1) is 10.5. The molecule has 0 spiro atoms. The summed E-state index contributed by atoms with van der Waals surface area (Å²) < 4.78 is 0. The molecule has 4 heteroatoms. The van der Waals surface area contributed by atoms with E-state index in [1.165, 1.54) is 0 Å². The zero-order valence-corrected chi connectivity index (χ0v) is 9.02. The highest BCUT2D eigenvalue weighted by atomic mass is 16.4. The molecule has 0 aromatic rings. The second-order valence-electron chi connectivity index (χ2n) is 4.31. The van der Waals surface area contributed by atoms with Gasteiger partial charge in [0.1, 0.15) is 0 Å². The Morgan fingerprint density at radius 1 is 1.60 bits per heavy atom. The third-order valence-corrected chi connectivity index (χ3v) is 3.47. The Labute approximate surface area is 90.0 Å². The van der Waals surface area contributed by atoms with Gasteiger partial charge in [-0.2, -0.15) is 0 Å². The molecule has 0 saturated carbocycles. The lowest BCUT2D eigenvalue weighted by Gasteiger charge is -2.38. The first-order chi connectivity index (χ1) is 7.24. The number of hydrogen-bond acceptors (Lipinski definition) is 2. The molecule has 0 aromatic heterocycles. The Kier molecular flexibility index (Phi) is 2.95. The molecule has 0 aromatic carbocycles. The van der Waals surface area contributed by atoms with Gasteiger partial charge in [0, 0.05) is 18.6 Å². The molecule has 2 N–H and O–H groups in total. The Balaban J connectivity index is 2.07. The molecule has 2 saturated heterocycles. The smallest absolute Gasteiger partial charge is 0.407 e. The Bertz CT molecular complexity index is 278. The summed E-state index contributed by atoms with van der Waals surface area (Å²) in [5, 5.41) is 12.6. The SMILES string of the molecule is C/C=C\C[C@H]1NC[C@H]2CC[C@@H]1N2C(=O)O. The van der Waals surface area contributed by atoms with Gasteiger partial charge < -0.3 is 10.4 Å². The van der Waals surface area contributed by atoms with Gasteiger partial charge in [0.25, 0.3) is 0 Å². The molecular weight excluding hydrogens is 192 g/mol. The zero-order chi connectivity index (χ0) is 10.8. The van der Waals surface area contributed by atoms with Gasteiger partial charge in [-0.25, -0.2) is 4.79 Å². The summed E-state index contributed by atoms with van der Waals surface area (Å²) in [6.45, 7) is 2.81. The van der Waals surface area contributed by atoms with Crippen LogP contribution in [0.3, 0.4) is 0 Å². The molecule has 15 heavy (non-hydrogen) atoms. The lowest BCUT2D eigenvalue weighted by Crippen LogP contribution is -2.59. The molecule has 3 atom stereocenters. The zero-order valence-electron chi connectivity index (χ0n) is 9.02. The van der Waals surface area contributed by atoms with Crippen LogP contribution in [0.5, 0.6) is 0 Å². The molecule has 2 aliphatic heterocycles. The Morgan fingerprint density at radius 2 is 2.40 bits per heavy atom. The van der Waals surface area contributed by atoms with Crippen molar-refractivity contribution in [3.8, 4) is 0 Å². The molecule has 0 aliphatic carbocycles. The van der Waals surface area contributed by atoms with Crippen LogP contribution in [0.15, 0.2) is 12.2 Å². The highest BCUT2D eigenvalue weighted by Gasteiger charge is 2.44. The van der Waals surface area contributed by atoms with Gasteiger partial charge in [0.15, 0.2) is 0 Å². The molecule has 2 aliphatic rings. The third kappa shape index (κ3) is 1.86. The fourth-order valence-corrected chi connectivity index (χ4v) is 2.75. The predicted octanol–water partition coefficient (Wildman–Crippen LogP) is 1.44. The van der Waals surface area contributed by atoms with Crippen LogP contribution in [-0.4, -0.2) is 40.8 Å². The summed E-state index contributed by atoms with van der Waals surface area (Å²) in [7, 11) is 0. The molecule has 84 valence electrons. The number of allylic oxidation sites excluding steroid dienone is 1. The summed E-state index contributed by atoms with van der Waals surface area (Å²) in [5.41, 5.74) is 0. The van der Waals surface area contributed by atoms with Crippen molar-refractivity contribution in [2.45, 2.75) is 44.3 Å². The summed E-state index contributed by atoms with van der Waals surface area (Å²) in [5.74, 6) is 0. The van der Waals surface area contributed by atoms with Gasteiger partial charge in [0.05, 0.1) is 6.04 Å². The molecule has 0 radical (unpaired) electrons. The minimum atomic E-state index is -0.755. The number of carbonyl (C=O) groups is 1. The van der Waals surface area contributed by atoms with Gasteiger partial charge in [-0.3, -0.25) is 4.90 Å². The summed E-state index contributed by atoms with van der Waals surface area (Å²) in [6.07, 6.45) is 6.32. The number of nitrogens with one attached hydrogen (secondary N) is 1. The molecule has 0 unspecified atom stereocenters. The molecule has 2 heterocycles. The highest BCUT2D eigenvalue weighted by Crippen LogP contribution is 2.31. The number of rotatable bonds is 2. The second kappa shape index (κ2) is 4.23. The van der Waals surface area contributed by atoms with Crippen LogP contribution in [0.25, 0.3) is 0 Å². The van der Waals surface area contributed by atoms with Crippen molar-refractivity contribution in [2.75, 3.05) is 6.54 Å². The fraction of sp³-hybridized carbons (Fsp3) is 0.727. The van der Waals surface area contributed by atoms with E-state index in [4.69, 9.17) is 5.11 Å². The number of nitrogens with zero attached hydrogens (tertiary/aromatic N) is 1. The predicted molar refractivity (Wildman–Crippen MR) is 57.9 cm³/mol. The monoisotopic (exact) mass is 210 g/mol. The normalized spacial score (nSPS) is 35.0. The number of fused-ring (bicyclic) bond motifs is 2. The van der Waals surface area contributed by atoms with Gasteiger partial charge in [0.2, 0.25) is 0 Å². The molecule has 4 nitrogen and oxygen atoms in total. The van der Waals surface area contributed by atoms with Crippen molar-refractivity contribution in [1.82, 2.24) is 10.2 Å². The molecule has 1 amide bonds. The van der Waals surface area contributed by atoms with E-state index in [2.05, 4.69) is 11.4 Å². The maximum atomic E-state index is 11.1. The highest BCUT2D eigenvalue weighted by molar-refractivity contribution is 5.66. The maximum absolute atomic E-state index is 11.1. The average Bonchev–Trinajstić information content (AvgIpc) is 2.53. The van der Waals surface area contributed by atoms with Crippen LogP contribution in [0.4, 0.5) is 4.79 Å². The molecule has 2 rings (SSSR count). The van der Waals surface area contributed by atoms with E-state index in [1.54, 1.807) is 4.90 Å². The first-order valence-corrected chi connectivity index (χ1v) is 5.60. The number of carboxylic acid groups (broad SMARTS) is 1. The first-order valence-electron chi connectivity index (χ1n) is 5.60. The van der Waals surface area contributed by atoms with Crippen molar-refractivity contribution in [3.63, 3.8) is 0 Å². The Hall–Kier alpha value is -1.03. The maximum Gasteiger partial charge on any atom is 0.407 e. The van der Waals surface area contributed by atoms with Crippen LogP contribution in [0.1, 0.15) is 26.2 Å². The number of amides is 1. The minimum absolute atomic E-state index is 0.178. The van der Waals surface area contributed by atoms with Gasteiger partial charge in [-0.1, -0.05) is 12.2 Å². The lowest BCUT2D eigenvalue weighted by molar-refractivity contribution is 0.0917.